The van der Waals surface area contributed by atoms with Gasteiger partial charge in [0.2, 0.25) is 0 Å². The Balaban J connectivity index is 1.38. The average molecular weight is 587 g/mol. The van der Waals surface area contributed by atoms with E-state index in [1.54, 1.807) is 13.2 Å². The molecule has 4 fully saturated rings. The third kappa shape index (κ3) is 5.87. The van der Waals surface area contributed by atoms with Crippen molar-refractivity contribution in [3.8, 4) is 17.2 Å². The number of carbonyl (C=O) groups excluding carboxylic acids is 1. The van der Waals surface area contributed by atoms with Gasteiger partial charge >= 0.3 is 0 Å². The molecule has 224 valence electrons. The lowest BCUT2D eigenvalue weighted by atomic mass is 9.53. The van der Waals surface area contributed by atoms with Crippen molar-refractivity contribution >= 4 is 19.7 Å². The van der Waals surface area contributed by atoms with Gasteiger partial charge in [-0.1, -0.05) is 51.5 Å². The highest BCUT2D eigenvalue weighted by Gasteiger charge is 2.51. The highest BCUT2D eigenvalue weighted by molar-refractivity contribution is 6.84. The van der Waals surface area contributed by atoms with Gasteiger partial charge in [0.15, 0.2) is 0 Å². The van der Waals surface area contributed by atoms with E-state index in [4.69, 9.17) is 4.74 Å². The zero-order valence-corrected chi connectivity index (χ0v) is 27.1. The van der Waals surface area contributed by atoms with Crippen LogP contribution in [-0.2, 0) is 11.2 Å². The van der Waals surface area contributed by atoms with Crippen LogP contribution in [0.15, 0.2) is 36.4 Å². The van der Waals surface area contributed by atoms with E-state index in [1.807, 2.05) is 23.1 Å². The van der Waals surface area contributed by atoms with E-state index < -0.39 is 14.1 Å². The molecule has 0 aromatic heterocycles. The number of ether oxygens (including phenoxy) is 1. The smallest absolute Gasteiger partial charge is 0.298 e. The van der Waals surface area contributed by atoms with Crippen LogP contribution >= 0.6 is 0 Å². The summed E-state index contributed by atoms with van der Waals surface area (Å²) < 4.78 is 21.7. The number of hydrogen-bond donors (Lipinski definition) is 1. The summed E-state index contributed by atoms with van der Waals surface area (Å²) in [5.74, 6) is 5.83. The fourth-order valence-electron chi connectivity index (χ4n) is 8.83. The third-order valence-electron chi connectivity index (χ3n) is 10.2. The summed E-state index contributed by atoms with van der Waals surface area (Å²) in [5, 5.41) is 3.74. The van der Waals surface area contributed by atoms with E-state index in [2.05, 4.69) is 55.5 Å². The van der Waals surface area contributed by atoms with Gasteiger partial charge in [-0.25, -0.2) is 4.39 Å². The number of halogens is 1. The van der Waals surface area contributed by atoms with Crippen molar-refractivity contribution in [3.05, 3.63) is 58.9 Å². The van der Waals surface area contributed by atoms with Gasteiger partial charge in [0.25, 0.3) is 5.91 Å². The predicted molar refractivity (Wildman–Crippen MR) is 171 cm³/mol. The number of rotatable bonds is 7. The molecular weight excluding hydrogens is 539 g/mol. The molecule has 7 rings (SSSR count). The molecule has 2 aromatic rings. The molecule has 2 atom stereocenters. The number of hydrogen-bond acceptors (Lipinski definition) is 3. The molecule has 5 aliphatic rings. The van der Waals surface area contributed by atoms with Crippen molar-refractivity contribution < 1.29 is 13.9 Å². The lowest BCUT2D eigenvalue weighted by Crippen LogP contribution is -2.54. The minimum absolute atomic E-state index is 0.00845. The second-order valence-electron chi connectivity index (χ2n) is 14.7. The minimum Gasteiger partial charge on any atom is -0.497 e. The summed E-state index contributed by atoms with van der Waals surface area (Å²) in [4.78, 5) is 15.9. The van der Waals surface area contributed by atoms with Gasteiger partial charge in [0.1, 0.15) is 19.6 Å². The molecule has 2 aromatic carbocycles. The largest absolute Gasteiger partial charge is 0.497 e. The number of nitrogens with one attached hydrogen (secondary N) is 1. The van der Waals surface area contributed by atoms with Crippen LogP contribution in [0.5, 0.6) is 5.75 Å². The van der Waals surface area contributed by atoms with Gasteiger partial charge in [-0.05, 0) is 116 Å². The molecule has 1 aliphatic heterocycles. The van der Waals surface area contributed by atoms with Gasteiger partial charge in [0.05, 0.1) is 18.8 Å². The Bertz CT molecular complexity index is 1370. The molecule has 4 aliphatic carbocycles. The second kappa shape index (κ2) is 11.4. The zero-order chi connectivity index (χ0) is 29.6. The van der Waals surface area contributed by atoms with E-state index in [0.29, 0.717) is 5.69 Å². The second-order valence-corrected chi connectivity index (χ2v) is 19.5. The lowest BCUT2D eigenvalue weighted by molar-refractivity contribution is -0.130. The maximum Gasteiger partial charge on any atom is 0.298 e. The molecule has 0 unspecified atom stereocenters. The van der Waals surface area contributed by atoms with Gasteiger partial charge in [-0.3, -0.25) is 4.79 Å². The van der Waals surface area contributed by atoms with Crippen molar-refractivity contribution in [2.75, 3.05) is 12.4 Å². The molecule has 0 spiro atoms. The lowest BCUT2D eigenvalue weighted by Gasteiger charge is -2.57. The average Bonchev–Trinajstić information content (AvgIpc) is 2.93. The number of carbonyl (C=O) groups is 1. The van der Waals surface area contributed by atoms with Crippen LogP contribution in [0, 0.1) is 35.0 Å². The van der Waals surface area contributed by atoms with Crippen molar-refractivity contribution in [1.82, 2.24) is 4.90 Å². The number of anilines is 1. The highest BCUT2D eigenvalue weighted by atomic mass is 28.3. The van der Waals surface area contributed by atoms with Gasteiger partial charge < -0.3 is 15.0 Å². The number of fused-ring (bicyclic) bond motifs is 1. The Morgan fingerprint density at radius 1 is 1.07 bits per heavy atom. The van der Waals surface area contributed by atoms with Crippen LogP contribution < -0.4 is 10.1 Å². The molecule has 4 bridgehead atoms. The molecule has 1 N–H and O–H groups in total. The van der Waals surface area contributed by atoms with E-state index in [-0.39, 0.29) is 23.3 Å². The van der Waals surface area contributed by atoms with Gasteiger partial charge in [0, 0.05) is 11.6 Å². The molecule has 1 amide bonds. The third-order valence-corrected chi connectivity index (χ3v) is 11.1. The minimum atomic E-state index is -1.76. The number of unbranched alkanes of at least 4 members (excludes halogenated alkanes) is 1. The van der Waals surface area contributed by atoms with Crippen LogP contribution in [0.4, 0.5) is 10.1 Å². The summed E-state index contributed by atoms with van der Waals surface area (Å²) in [6.07, 6.45) is 11.3. The first kappa shape index (κ1) is 29.3. The summed E-state index contributed by atoms with van der Waals surface area (Å²) >= 11 is 0. The standard InChI is InChI=1S/C36H47FN2O2Si/c1-6-7-8-29-18-28-19-30(41-2)10-11-31(28)35(39(29)34(40)13-14-42(3,4)5)27-9-12-33(32(37)20-27)38-36-21-24-15-25(22-36)17-26(16-24)23-36/h9-12,19-20,24-26,29,35,38H,6-8,15-18,21-23H2,1-5H3/t24?,25?,26?,29-,35-,36?/m0/s1. The Hall–Kier alpha value is -2.78. The number of methoxy groups -OCH3 is 1. The Kier molecular flexibility index (Phi) is 7.93. The molecule has 42 heavy (non-hydrogen) atoms. The number of amides is 1. The van der Waals surface area contributed by atoms with E-state index >= 15 is 4.39 Å². The first-order valence-electron chi connectivity index (χ1n) is 16.2. The predicted octanol–water partition coefficient (Wildman–Crippen LogP) is 8.13. The normalized spacial score (nSPS) is 29.5. The van der Waals surface area contributed by atoms with Crippen LogP contribution in [0.3, 0.4) is 0 Å². The zero-order valence-electron chi connectivity index (χ0n) is 26.1. The first-order chi connectivity index (χ1) is 20.1. The first-order valence-corrected chi connectivity index (χ1v) is 19.7. The molecule has 0 saturated heterocycles. The van der Waals surface area contributed by atoms with Crippen LogP contribution in [0.2, 0.25) is 19.6 Å². The summed E-state index contributed by atoms with van der Waals surface area (Å²) in [5.41, 5.74) is 6.94. The van der Waals surface area contributed by atoms with Gasteiger partial charge in [-0.2, -0.15) is 0 Å². The maximum atomic E-state index is 16.1. The molecule has 4 saturated carbocycles. The van der Waals surface area contributed by atoms with Crippen molar-refractivity contribution in [3.63, 3.8) is 0 Å². The maximum absolute atomic E-state index is 16.1. The number of benzene rings is 2. The molecule has 0 radical (unpaired) electrons. The monoisotopic (exact) mass is 586 g/mol. The summed E-state index contributed by atoms with van der Waals surface area (Å²) in [7, 11) is -0.0768. The van der Waals surface area contributed by atoms with Crippen LogP contribution in [0.1, 0.15) is 87.4 Å². The van der Waals surface area contributed by atoms with Crippen molar-refractivity contribution in [2.45, 2.75) is 108 Å². The SMILES string of the molecule is CCCC[C@H]1Cc2cc(OC)ccc2[C@H](c2ccc(NC34CC5CC(CC(C5)C3)C4)c(F)c2)N1C(=O)C#C[Si](C)(C)C. The summed E-state index contributed by atoms with van der Waals surface area (Å²) in [6.45, 7) is 8.64. The summed E-state index contributed by atoms with van der Waals surface area (Å²) in [6, 6.07) is 11.3. The van der Waals surface area contributed by atoms with Crippen LogP contribution in [0.25, 0.3) is 0 Å². The Labute approximate surface area is 252 Å². The van der Waals surface area contributed by atoms with Crippen molar-refractivity contribution in [2.24, 2.45) is 17.8 Å². The van der Waals surface area contributed by atoms with Gasteiger partial charge in [-0.15, -0.1) is 5.54 Å². The van der Waals surface area contributed by atoms with E-state index in [1.165, 1.54) is 24.8 Å². The van der Waals surface area contributed by atoms with E-state index in [0.717, 1.165) is 79.6 Å². The topological polar surface area (TPSA) is 41.6 Å². The molecular formula is C36H47FN2O2Si. The molecule has 4 nitrogen and oxygen atoms in total. The fraction of sp³-hybridized carbons (Fsp3) is 0.583. The van der Waals surface area contributed by atoms with Crippen LogP contribution in [-0.4, -0.2) is 37.6 Å². The molecule has 1 heterocycles. The quantitative estimate of drug-likeness (QED) is 0.263. The number of nitrogens with zero attached hydrogens (tertiary/aromatic N) is 1. The fourth-order valence-corrected chi connectivity index (χ4v) is 9.31. The van der Waals surface area contributed by atoms with Crippen molar-refractivity contribution in [1.29, 1.82) is 0 Å². The van der Waals surface area contributed by atoms with E-state index in [9.17, 15) is 4.79 Å². The Morgan fingerprint density at radius 2 is 1.76 bits per heavy atom. The Morgan fingerprint density at radius 3 is 2.36 bits per heavy atom. The molecule has 6 heteroatoms. The highest BCUT2D eigenvalue weighted by Crippen LogP contribution is 2.56.